The van der Waals surface area contributed by atoms with Gasteiger partial charge in [0.25, 0.3) is 0 Å². The molecule has 2 aromatic rings. The molecule has 34 heavy (non-hydrogen) atoms. The Bertz CT molecular complexity index is 1250. The molecule has 0 spiro atoms. The van der Waals surface area contributed by atoms with Crippen LogP contribution in [0.4, 0.5) is 0 Å². The number of hydrogen-bond acceptors (Lipinski definition) is 6. The Hall–Kier alpha value is -3.62. The number of carboxylic acids is 1. The third kappa shape index (κ3) is 4.55. The van der Waals surface area contributed by atoms with Gasteiger partial charge in [0.05, 0.1) is 18.0 Å². The number of likely N-dealkylation sites (tertiary alicyclic amines) is 1. The predicted octanol–water partition coefficient (Wildman–Crippen LogP) is 2.91. The van der Waals surface area contributed by atoms with Gasteiger partial charge >= 0.3 is 11.7 Å². The van der Waals surface area contributed by atoms with Crippen LogP contribution in [-0.2, 0) is 9.59 Å². The lowest BCUT2D eigenvalue weighted by Gasteiger charge is -2.28. The van der Waals surface area contributed by atoms with E-state index in [2.05, 4.69) is 33.5 Å². The molecule has 3 unspecified atom stereocenters. The van der Waals surface area contributed by atoms with Gasteiger partial charge < -0.3 is 19.7 Å². The second-order valence-electron chi connectivity index (χ2n) is 9.12. The number of nitrogens with one attached hydrogen (secondary N) is 2. The van der Waals surface area contributed by atoms with Crippen LogP contribution < -0.4 is 11.1 Å². The largest absolute Gasteiger partial charge is 0.481 e. The molecule has 0 bridgehead atoms. The average molecular weight is 465 g/mol. The van der Waals surface area contributed by atoms with Crippen LogP contribution in [0.3, 0.4) is 0 Å². The van der Waals surface area contributed by atoms with Crippen LogP contribution in [0.2, 0.25) is 0 Å². The van der Waals surface area contributed by atoms with Crippen molar-refractivity contribution >= 4 is 28.8 Å². The number of aromatic amines is 1. The highest BCUT2D eigenvalue weighted by molar-refractivity contribution is 6.02. The zero-order chi connectivity index (χ0) is 23.7. The summed E-state index contributed by atoms with van der Waals surface area (Å²) < 4.78 is 5.13. The molecule has 1 aromatic heterocycles. The minimum absolute atomic E-state index is 0.00381. The first kappa shape index (κ1) is 22.2. The standard InChI is InChI=1S/C25H28N4O5/c30-22(31)14-20(17-7-9-19-21(13-17)34-25(33)28-19)29-12-10-16(24(29)32)3-1-5-18-8-6-15-4-2-11-26-23(15)27-18/h4,6-9,13,16,18,20H,1-3,5,10-12,14H2,(H,26,27)(H,28,33)(H,30,31). The van der Waals surface area contributed by atoms with E-state index < -0.39 is 17.8 Å². The van der Waals surface area contributed by atoms with Crippen molar-refractivity contribution in [3.8, 4) is 0 Å². The van der Waals surface area contributed by atoms with Crippen LogP contribution in [0.25, 0.3) is 11.1 Å². The molecule has 1 saturated heterocycles. The van der Waals surface area contributed by atoms with Crippen molar-refractivity contribution in [2.75, 3.05) is 13.1 Å². The van der Waals surface area contributed by atoms with Gasteiger partial charge in [-0.3, -0.25) is 19.6 Å². The summed E-state index contributed by atoms with van der Waals surface area (Å²) in [4.78, 5) is 45.1. The van der Waals surface area contributed by atoms with Crippen molar-refractivity contribution in [2.45, 2.75) is 50.6 Å². The van der Waals surface area contributed by atoms with Gasteiger partial charge in [-0.2, -0.15) is 0 Å². The second kappa shape index (κ2) is 9.32. The number of oxazole rings is 1. The molecule has 0 saturated carbocycles. The first-order valence-corrected chi connectivity index (χ1v) is 11.8. The van der Waals surface area contributed by atoms with E-state index in [0.717, 1.165) is 43.6 Å². The Balaban J connectivity index is 1.23. The number of amidine groups is 1. The highest BCUT2D eigenvalue weighted by Gasteiger charge is 2.37. The second-order valence-corrected chi connectivity index (χ2v) is 9.12. The van der Waals surface area contributed by atoms with Crippen LogP contribution >= 0.6 is 0 Å². The first-order chi connectivity index (χ1) is 16.5. The zero-order valence-corrected chi connectivity index (χ0v) is 18.8. The molecule has 1 fully saturated rings. The van der Waals surface area contributed by atoms with E-state index in [1.807, 2.05) is 0 Å². The number of amides is 1. The molecule has 0 aliphatic carbocycles. The lowest BCUT2D eigenvalue weighted by atomic mass is 9.96. The van der Waals surface area contributed by atoms with Gasteiger partial charge in [-0.1, -0.05) is 30.7 Å². The minimum atomic E-state index is -0.980. The molecule has 3 aliphatic rings. The van der Waals surface area contributed by atoms with Gasteiger partial charge in [0.1, 0.15) is 5.84 Å². The van der Waals surface area contributed by atoms with E-state index in [4.69, 9.17) is 4.42 Å². The van der Waals surface area contributed by atoms with Crippen molar-refractivity contribution in [1.29, 1.82) is 0 Å². The summed E-state index contributed by atoms with van der Waals surface area (Å²) in [5.74, 6) is -0.694. The number of carbonyl (C=O) groups is 2. The lowest BCUT2D eigenvalue weighted by Crippen LogP contribution is -2.38. The van der Waals surface area contributed by atoms with Crippen LogP contribution in [-0.4, -0.2) is 51.8 Å². The highest BCUT2D eigenvalue weighted by atomic mass is 16.4. The quantitative estimate of drug-likeness (QED) is 0.551. The molecular formula is C25H28N4O5. The number of rotatable bonds is 8. The molecule has 178 valence electrons. The average Bonchev–Trinajstić information content (AvgIpc) is 3.38. The third-order valence-corrected chi connectivity index (χ3v) is 6.86. The van der Waals surface area contributed by atoms with Gasteiger partial charge in [0, 0.05) is 30.6 Å². The number of aliphatic imine (C=N–C) groups is 1. The van der Waals surface area contributed by atoms with Crippen LogP contribution in [0.15, 0.2) is 56.2 Å². The summed E-state index contributed by atoms with van der Waals surface area (Å²) in [6.45, 7) is 1.34. The van der Waals surface area contributed by atoms with Crippen molar-refractivity contribution in [3.63, 3.8) is 0 Å². The fraction of sp³-hybridized carbons (Fsp3) is 0.440. The molecule has 4 heterocycles. The van der Waals surface area contributed by atoms with Gasteiger partial charge in [-0.15, -0.1) is 0 Å². The Morgan fingerprint density at radius 3 is 3.03 bits per heavy atom. The Kier molecular flexibility index (Phi) is 6.08. The third-order valence-electron chi connectivity index (χ3n) is 6.86. The SMILES string of the molecule is O=C(O)CC(c1ccc2[nH]c(=O)oc2c1)N1CCC(CCCC2C=CC3=CCCN=C3N2)C1=O. The van der Waals surface area contributed by atoms with Gasteiger partial charge in [-0.25, -0.2) is 4.79 Å². The van der Waals surface area contributed by atoms with Crippen molar-refractivity contribution < 1.29 is 19.1 Å². The van der Waals surface area contributed by atoms with Gasteiger partial charge in [-0.05, 0) is 43.4 Å². The normalized spacial score (nSPS) is 22.8. The number of benzene rings is 1. The monoisotopic (exact) mass is 464 g/mol. The number of H-pyrrole nitrogens is 1. The van der Waals surface area contributed by atoms with Crippen molar-refractivity contribution in [3.05, 3.63) is 58.1 Å². The zero-order valence-electron chi connectivity index (χ0n) is 18.8. The van der Waals surface area contributed by atoms with E-state index in [1.54, 1.807) is 23.1 Å². The predicted molar refractivity (Wildman–Crippen MR) is 127 cm³/mol. The maximum Gasteiger partial charge on any atom is 0.417 e. The Labute approximate surface area is 196 Å². The Morgan fingerprint density at radius 2 is 2.18 bits per heavy atom. The van der Waals surface area contributed by atoms with E-state index in [-0.39, 0.29) is 24.3 Å². The van der Waals surface area contributed by atoms with Crippen molar-refractivity contribution in [1.82, 2.24) is 15.2 Å². The van der Waals surface area contributed by atoms with Gasteiger partial charge in [0.15, 0.2) is 5.58 Å². The molecular weight excluding hydrogens is 436 g/mol. The number of fused-ring (bicyclic) bond motifs is 2. The number of carboxylic acid groups (broad SMARTS) is 1. The maximum absolute atomic E-state index is 13.2. The maximum atomic E-state index is 13.2. The first-order valence-electron chi connectivity index (χ1n) is 11.8. The number of carbonyl (C=O) groups excluding carboxylic acids is 1. The van der Waals surface area contributed by atoms with Gasteiger partial charge in [0.2, 0.25) is 5.91 Å². The summed E-state index contributed by atoms with van der Waals surface area (Å²) in [7, 11) is 0. The number of aromatic nitrogens is 1. The fourth-order valence-electron chi connectivity index (χ4n) is 5.14. The fourth-order valence-corrected chi connectivity index (χ4v) is 5.14. The Morgan fingerprint density at radius 1 is 1.29 bits per heavy atom. The minimum Gasteiger partial charge on any atom is -0.481 e. The molecule has 1 aromatic carbocycles. The van der Waals surface area contributed by atoms with Crippen LogP contribution in [0.1, 0.15) is 50.1 Å². The molecule has 3 N–H and O–H groups in total. The number of aliphatic carboxylic acids is 1. The number of dihydropyridines is 1. The molecule has 3 aliphatic heterocycles. The molecule has 1 amide bonds. The number of hydrogen-bond donors (Lipinski definition) is 3. The van der Waals surface area contributed by atoms with Crippen molar-refractivity contribution in [2.24, 2.45) is 10.9 Å². The van der Waals surface area contributed by atoms with Crippen LogP contribution in [0.5, 0.6) is 0 Å². The smallest absolute Gasteiger partial charge is 0.417 e. The molecule has 9 nitrogen and oxygen atoms in total. The summed E-state index contributed by atoms with van der Waals surface area (Å²) in [5.41, 5.74) is 2.71. The summed E-state index contributed by atoms with van der Waals surface area (Å²) in [5, 5.41) is 13.0. The molecule has 0 radical (unpaired) electrons. The lowest BCUT2D eigenvalue weighted by molar-refractivity contribution is -0.140. The topological polar surface area (TPSA) is 128 Å². The van der Waals surface area contributed by atoms with E-state index in [1.165, 1.54) is 0 Å². The summed E-state index contributed by atoms with van der Waals surface area (Å²) in [6, 6.07) is 4.70. The molecule has 3 atom stereocenters. The highest BCUT2D eigenvalue weighted by Crippen LogP contribution is 2.34. The molecule has 5 rings (SSSR count). The number of nitrogens with zero attached hydrogens (tertiary/aromatic N) is 2. The van der Waals surface area contributed by atoms with E-state index in [0.29, 0.717) is 29.6 Å². The summed E-state index contributed by atoms with van der Waals surface area (Å²) in [6.07, 6.45) is 10.5. The van der Waals surface area contributed by atoms with Crippen LogP contribution in [0, 0.1) is 5.92 Å². The molecule has 9 heteroatoms. The van der Waals surface area contributed by atoms with E-state index in [9.17, 15) is 19.5 Å². The van der Waals surface area contributed by atoms with E-state index >= 15 is 0 Å². The summed E-state index contributed by atoms with van der Waals surface area (Å²) >= 11 is 0.